The minimum absolute atomic E-state index is 0.0342. The van der Waals surface area contributed by atoms with Crippen LogP contribution in [-0.2, 0) is 14.8 Å². The Hall–Kier alpha value is -4.01. The van der Waals surface area contributed by atoms with Crippen molar-refractivity contribution >= 4 is 55.7 Å². The number of aryl methyl sites for hydroxylation is 1. The van der Waals surface area contributed by atoms with E-state index in [9.17, 15) is 13.2 Å². The maximum atomic E-state index is 15.1. The Labute approximate surface area is 249 Å². The Balaban J connectivity index is 1.80. The third kappa shape index (κ3) is 8.50. The molecular weight excluding hydrogens is 585 g/mol. The highest BCUT2D eigenvalue weighted by molar-refractivity contribution is 7.94. The van der Waals surface area contributed by atoms with Gasteiger partial charge >= 0.3 is 0 Å². The van der Waals surface area contributed by atoms with Gasteiger partial charge in [0.2, 0.25) is 5.91 Å². The second-order valence-electron chi connectivity index (χ2n) is 9.26. The van der Waals surface area contributed by atoms with Crippen molar-refractivity contribution in [2.75, 3.05) is 44.4 Å². The molecule has 0 saturated carbocycles. The van der Waals surface area contributed by atoms with Crippen LogP contribution in [0, 0.1) is 12.7 Å². The number of aliphatic imine (C=N–C) groups is 1. The molecule has 0 fully saturated rings. The molecule has 0 aliphatic rings. The molecule has 0 atom stereocenters. The predicted octanol–water partition coefficient (Wildman–Crippen LogP) is 5.46. The van der Waals surface area contributed by atoms with E-state index in [2.05, 4.69) is 31.5 Å². The number of carbonyl (C=O) groups excluding carboxylic acids is 1. The maximum Gasteiger partial charge on any atom is 0.273 e. The molecule has 0 unspecified atom stereocenters. The van der Waals surface area contributed by atoms with Crippen LogP contribution in [0.25, 0.3) is 5.76 Å². The molecule has 2 aromatic carbocycles. The molecule has 3 aromatic rings. The van der Waals surface area contributed by atoms with Crippen LogP contribution in [0.5, 0.6) is 17.2 Å². The zero-order chi connectivity index (χ0) is 31.0. The molecule has 1 heterocycles. The van der Waals surface area contributed by atoms with Crippen LogP contribution >= 0.6 is 11.3 Å². The molecule has 1 aromatic heterocycles. The summed E-state index contributed by atoms with van der Waals surface area (Å²) in [6.07, 6.45) is 2.41. The number of methoxy groups -OCH3 is 1. The Bertz CT molecular complexity index is 1590. The van der Waals surface area contributed by atoms with Gasteiger partial charge in [0.05, 0.1) is 30.8 Å². The number of amides is 1. The zero-order valence-corrected chi connectivity index (χ0v) is 25.9. The number of carbonyl (C=O) groups is 1. The van der Waals surface area contributed by atoms with Gasteiger partial charge in [-0.2, -0.15) is 0 Å². The van der Waals surface area contributed by atoms with E-state index in [0.29, 0.717) is 29.4 Å². The van der Waals surface area contributed by atoms with Crippen molar-refractivity contribution in [3.05, 3.63) is 54.0 Å². The molecule has 0 bridgehead atoms. The molecular formula is C28H34FN5O6S2. The summed E-state index contributed by atoms with van der Waals surface area (Å²) in [5, 5.41) is 2.59. The van der Waals surface area contributed by atoms with Crippen LogP contribution in [0.2, 0.25) is 0 Å². The normalized spacial score (nSPS) is 11.5. The van der Waals surface area contributed by atoms with Gasteiger partial charge in [0, 0.05) is 37.4 Å². The van der Waals surface area contributed by atoms with Crippen molar-refractivity contribution in [1.82, 2.24) is 9.88 Å². The molecule has 42 heavy (non-hydrogen) atoms. The van der Waals surface area contributed by atoms with Crippen molar-refractivity contribution in [3.8, 4) is 17.2 Å². The monoisotopic (exact) mass is 619 g/mol. The SMILES string of the molecule is C=C(Oc1ccc(NS(=O)(=O)c2sc(NC(C)=O)nc2C)cc1F)c1cc(OC)c(OCCCN(C)C)cc1/N=C\C. The van der Waals surface area contributed by atoms with Gasteiger partial charge in [-0.15, -0.1) is 0 Å². The van der Waals surface area contributed by atoms with E-state index in [1.165, 1.54) is 33.1 Å². The predicted molar refractivity (Wildman–Crippen MR) is 164 cm³/mol. The summed E-state index contributed by atoms with van der Waals surface area (Å²) in [6.45, 7) is 9.82. The van der Waals surface area contributed by atoms with Crippen LogP contribution in [-0.4, -0.2) is 64.8 Å². The number of nitrogens with zero attached hydrogens (tertiary/aromatic N) is 3. The van der Waals surface area contributed by atoms with E-state index in [-0.39, 0.29) is 38.1 Å². The maximum absolute atomic E-state index is 15.1. The van der Waals surface area contributed by atoms with Gasteiger partial charge in [0.1, 0.15) is 5.76 Å². The van der Waals surface area contributed by atoms with Gasteiger partial charge in [0.25, 0.3) is 10.0 Å². The summed E-state index contributed by atoms with van der Waals surface area (Å²) in [4.78, 5) is 21.8. The number of hydrogen-bond donors (Lipinski definition) is 2. The van der Waals surface area contributed by atoms with Crippen molar-refractivity contribution in [1.29, 1.82) is 0 Å². The largest absolute Gasteiger partial charge is 0.493 e. The molecule has 0 radical (unpaired) electrons. The topological polar surface area (TPSA) is 131 Å². The Morgan fingerprint density at radius 2 is 1.95 bits per heavy atom. The molecule has 0 aliphatic carbocycles. The average molecular weight is 620 g/mol. The smallest absolute Gasteiger partial charge is 0.273 e. The van der Waals surface area contributed by atoms with E-state index >= 15 is 4.39 Å². The lowest BCUT2D eigenvalue weighted by Crippen LogP contribution is -2.15. The summed E-state index contributed by atoms with van der Waals surface area (Å²) < 4.78 is 60.3. The Morgan fingerprint density at radius 3 is 2.57 bits per heavy atom. The number of thiazole rings is 1. The third-order valence-electron chi connectivity index (χ3n) is 5.56. The molecule has 1 amide bonds. The van der Waals surface area contributed by atoms with Crippen LogP contribution in [0.4, 0.5) is 20.9 Å². The van der Waals surface area contributed by atoms with Crippen LogP contribution in [0.3, 0.4) is 0 Å². The molecule has 3 rings (SSSR count). The second-order valence-corrected chi connectivity index (χ2v) is 12.1. The highest BCUT2D eigenvalue weighted by Gasteiger charge is 2.23. The number of halogens is 1. The molecule has 226 valence electrons. The van der Waals surface area contributed by atoms with Gasteiger partial charge in [-0.25, -0.2) is 17.8 Å². The number of aromatic nitrogens is 1. The summed E-state index contributed by atoms with van der Waals surface area (Å²) >= 11 is 0.787. The van der Waals surface area contributed by atoms with Gasteiger partial charge < -0.3 is 24.4 Å². The fraction of sp³-hybridized carbons (Fsp3) is 0.321. The first-order valence-corrected chi connectivity index (χ1v) is 15.1. The molecule has 0 saturated heterocycles. The number of hydrogen-bond acceptors (Lipinski definition) is 10. The highest BCUT2D eigenvalue weighted by Crippen LogP contribution is 2.39. The Morgan fingerprint density at radius 1 is 1.21 bits per heavy atom. The lowest BCUT2D eigenvalue weighted by atomic mass is 10.1. The van der Waals surface area contributed by atoms with E-state index in [4.69, 9.17) is 14.2 Å². The molecule has 11 nitrogen and oxygen atoms in total. The van der Waals surface area contributed by atoms with Crippen molar-refractivity contribution in [3.63, 3.8) is 0 Å². The van der Waals surface area contributed by atoms with Crippen molar-refractivity contribution in [2.45, 2.75) is 31.4 Å². The molecule has 2 N–H and O–H groups in total. The van der Waals surface area contributed by atoms with Gasteiger partial charge in [-0.05, 0) is 52.6 Å². The summed E-state index contributed by atoms with van der Waals surface area (Å²) in [6, 6.07) is 6.97. The highest BCUT2D eigenvalue weighted by atomic mass is 32.2. The lowest BCUT2D eigenvalue weighted by Gasteiger charge is -2.17. The van der Waals surface area contributed by atoms with E-state index in [0.717, 1.165) is 30.4 Å². The van der Waals surface area contributed by atoms with Crippen LogP contribution in [0.1, 0.15) is 31.5 Å². The van der Waals surface area contributed by atoms with Gasteiger partial charge in [-0.1, -0.05) is 17.9 Å². The number of sulfonamides is 1. The molecule has 0 spiro atoms. The van der Waals surface area contributed by atoms with Crippen molar-refractivity contribution < 1.29 is 31.8 Å². The number of rotatable bonds is 14. The van der Waals surface area contributed by atoms with Crippen LogP contribution < -0.4 is 24.2 Å². The first kappa shape index (κ1) is 32.5. The standard InChI is InChI=1S/C28H34FN5O6S2/c1-8-30-23-16-26(39-13-9-12-34(5)6)25(38-7)15-21(23)18(3)40-24-11-10-20(14-22(24)29)33-42(36,37)27-17(2)31-28(41-27)32-19(4)35/h8,10-11,14-16,33H,3,9,12-13H2,1-2,4-7H3,(H,31,32,35)/b30-8-. The number of benzene rings is 2. The van der Waals surface area contributed by atoms with E-state index < -0.39 is 15.8 Å². The number of nitrogens with one attached hydrogen (secondary N) is 2. The van der Waals surface area contributed by atoms with E-state index in [1.807, 2.05) is 14.1 Å². The quantitative estimate of drug-likeness (QED) is 0.138. The summed E-state index contributed by atoms with van der Waals surface area (Å²) in [5.74, 6) is -0.377. The van der Waals surface area contributed by atoms with Crippen molar-refractivity contribution in [2.24, 2.45) is 4.99 Å². The van der Waals surface area contributed by atoms with Gasteiger partial charge in [-0.3, -0.25) is 14.5 Å². The first-order valence-electron chi connectivity index (χ1n) is 12.8. The third-order valence-corrected chi connectivity index (χ3v) is 8.62. The summed E-state index contributed by atoms with van der Waals surface area (Å²) in [5.41, 5.74) is 1.09. The zero-order valence-electron chi connectivity index (χ0n) is 24.3. The first-order chi connectivity index (χ1) is 19.8. The van der Waals surface area contributed by atoms with Crippen LogP contribution in [0.15, 0.2) is 46.1 Å². The number of anilines is 2. The second kappa shape index (κ2) is 14.2. The number of ether oxygens (including phenoxy) is 3. The van der Waals surface area contributed by atoms with Gasteiger partial charge in [0.15, 0.2) is 32.4 Å². The molecule has 14 heteroatoms. The summed E-state index contributed by atoms with van der Waals surface area (Å²) in [7, 11) is 1.37. The lowest BCUT2D eigenvalue weighted by molar-refractivity contribution is -0.114. The minimum Gasteiger partial charge on any atom is -0.493 e. The minimum atomic E-state index is -4.11. The fourth-order valence-electron chi connectivity index (χ4n) is 3.73. The van der Waals surface area contributed by atoms with E-state index in [1.54, 1.807) is 25.3 Å². The molecule has 0 aliphatic heterocycles. The average Bonchev–Trinajstić information content (AvgIpc) is 3.28. The Kier molecular flexibility index (Phi) is 11.0. The fourth-order valence-corrected chi connectivity index (χ4v) is 6.24.